The quantitative estimate of drug-likeness (QED) is 0.856. The van der Waals surface area contributed by atoms with E-state index in [1.807, 2.05) is 19.3 Å². The molecule has 2 rings (SSSR count). The number of halogens is 2. The van der Waals surface area contributed by atoms with Gasteiger partial charge in [-0.2, -0.15) is 5.10 Å². The van der Waals surface area contributed by atoms with Crippen molar-refractivity contribution in [3.63, 3.8) is 0 Å². The summed E-state index contributed by atoms with van der Waals surface area (Å²) in [7, 11) is 1.84. The highest BCUT2D eigenvalue weighted by molar-refractivity contribution is 9.10. The van der Waals surface area contributed by atoms with Gasteiger partial charge in [0.25, 0.3) is 0 Å². The summed E-state index contributed by atoms with van der Waals surface area (Å²) in [5.74, 6) is -0.345. The molecule has 0 aliphatic heterocycles. The van der Waals surface area contributed by atoms with Gasteiger partial charge in [-0.1, -0.05) is 0 Å². The summed E-state index contributed by atoms with van der Waals surface area (Å²) in [6, 6.07) is 4.79. The van der Waals surface area contributed by atoms with E-state index in [9.17, 15) is 4.39 Å². The number of hydrogen-bond donors (Lipinski definition) is 2. The first-order valence-electron chi connectivity index (χ1n) is 5.03. The topological polar surface area (TPSA) is 55.9 Å². The van der Waals surface area contributed by atoms with Crippen molar-refractivity contribution in [2.45, 2.75) is 6.54 Å². The van der Waals surface area contributed by atoms with Gasteiger partial charge in [-0.15, -0.1) is 0 Å². The van der Waals surface area contributed by atoms with Gasteiger partial charge in [-0.25, -0.2) is 4.39 Å². The van der Waals surface area contributed by atoms with Gasteiger partial charge in [0.1, 0.15) is 5.82 Å². The molecular weight excluding hydrogens is 287 g/mol. The number of rotatable bonds is 3. The fourth-order valence-corrected chi connectivity index (χ4v) is 1.82. The van der Waals surface area contributed by atoms with Crippen molar-refractivity contribution in [3.8, 4) is 0 Å². The molecule has 90 valence electrons. The van der Waals surface area contributed by atoms with Crippen LogP contribution in [-0.4, -0.2) is 9.78 Å². The van der Waals surface area contributed by atoms with Crippen LogP contribution in [0.4, 0.5) is 15.8 Å². The number of nitrogens with zero attached hydrogens (tertiary/aromatic N) is 2. The molecule has 0 radical (unpaired) electrons. The van der Waals surface area contributed by atoms with Gasteiger partial charge < -0.3 is 11.1 Å². The van der Waals surface area contributed by atoms with Gasteiger partial charge in [0.05, 0.1) is 28.1 Å². The summed E-state index contributed by atoms with van der Waals surface area (Å²) in [6.07, 6.45) is 1.85. The maximum atomic E-state index is 13.3. The van der Waals surface area contributed by atoms with E-state index < -0.39 is 0 Å². The molecular formula is C11H12BrFN4. The number of nitrogens with two attached hydrogens (primary N) is 1. The van der Waals surface area contributed by atoms with Crippen LogP contribution in [0.25, 0.3) is 0 Å². The lowest BCUT2D eigenvalue weighted by molar-refractivity contribution is 0.621. The van der Waals surface area contributed by atoms with Crippen molar-refractivity contribution in [1.29, 1.82) is 0 Å². The molecule has 3 N–H and O–H groups in total. The Morgan fingerprint density at radius 2 is 2.29 bits per heavy atom. The van der Waals surface area contributed by atoms with Gasteiger partial charge in [0, 0.05) is 19.3 Å². The number of nitrogen functional groups attached to an aromatic ring is 1. The molecule has 17 heavy (non-hydrogen) atoms. The number of aromatic nitrogens is 2. The Balaban J connectivity index is 2.11. The van der Waals surface area contributed by atoms with Gasteiger partial charge >= 0.3 is 0 Å². The highest BCUT2D eigenvalue weighted by Crippen LogP contribution is 2.26. The predicted molar refractivity (Wildman–Crippen MR) is 69.0 cm³/mol. The maximum absolute atomic E-state index is 13.3. The Labute approximate surface area is 107 Å². The first kappa shape index (κ1) is 11.9. The molecule has 1 heterocycles. The van der Waals surface area contributed by atoms with Crippen LogP contribution in [0.1, 0.15) is 5.69 Å². The highest BCUT2D eigenvalue weighted by atomic mass is 79.9. The molecule has 2 aromatic rings. The molecule has 0 spiro atoms. The zero-order valence-electron chi connectivity index (χ0n) is 9.24. The number of anilines is 2. The molecule has 4 nitrogen and oxygen atoms in total. The van der Waals surface area contributed by atoms with Crippen LogP contribution in [-0.2, 0) is 13.6 Å². The number of nitrogens with one attached hydrogen (secondary N) is 1. The third kappa shape index (κ3) is 2.76. The van der Waals surface area contributed by atoms with Crippen molar-refractivity contribution >= 4 is 27.3 Å². The monoisotopic (exact) mass is 298 g/mol. The van der Waals surface area contributed by atoms with E-state index in [4.69, 9.17) is 5.73 Å². The van der Waals surface area contributed by atoms with Crippen molar-refractivity contribution in [2.24, 2.45) is 7.05 Å². The summed E-state index contributed by atoms with van der Waals surface area (Å²) < 4.78 is 15.4. The second-order valence-electron chi connectivity index (χ2n) is 3.69. The van der Waals surface area contributed by atoms with Crippen LogP contribution in [0.15, 0.2) is 28.9 Å². The van der Waals surface area contributed by atoms with E-state index in [2.05, 4.69) is 26.3 Å². The van der Waals surface area contributed by atoms with E-state index in [-0.39, 0.29) is 5.82 Å². The Bertz CT molecular complexity index is 538. The van der Waals surface area contributed by atoms with Crippen LogP contribution in [0, 0.1) is 5.82 Å². The summed E-state index contributed by atoms with van der Waals surface area (Å²) >= 11 is 3.08. The van der Waals surface area contributed by atoms with E-state index in [0.717, 1.165) is 5.69 Å². The number of hydrogen-bond acceptors (Lipinski definition) is 3. The summed E-state index contributed by atoms with van der Waals surface area (Å²) in [4.78, 5) is 0. The van der Waals surface area contributed by atoms with Crippen molar-refractivity contribution < 1.29 is 4.39 Å². The molecule has 0 atom stereocenters. The minimum absolute atomic E-state index is 0.345. The van der Waals surface area contributed by atoms with Crippen LogP contribution in [0.2, 0.25) is 0 Å². The van der Waals surface area contributed by atoms with E-state index in [0.29, 0.717) is 22.4 Å². The van der Waals surface area contributed by atoms with Crippen LogP contribution < -0.4 is 11.1 Å². The van der Waals surface area contributed by atoms with Crippen molar-refractivity contribution in [2.75, 3.05) is 11.1 Å². The fraction of sp³-hybridized carbons (Fsp3) is 0.182. The average Bonchev–Trinajstić information content (AvgIpc) is 2.68. The van der Waals surface area contributed by atoms with E-state index >= 15 is 0 Å². The van der Waals surface area contributed by atoms with Crippen LogP contribution >= 0.6 is 15.9 Å². The fourth-order valence-electron chi connectivity index (χ4n) is 1.46. The standard InChI is InChI=1S/C11H12BrFN4/c1-17-3-2-7(16-17)6-15-11-5-9(13)8(12)4-10(11)14/h2-5,15H,6,14H2,1H3. The molecule has 0 aliphatic rings. The highest BCUT2D eigenvalue weighted by Gasteiger charge is 2.06. The first-order chi connectivity index (χ1) is 8.06. The predicted octanol–water partition coefficient (Wildman–Crippen LogP) is 2.52. The minimum Gasteiger partial charge on any atom is -0.397 e. The molecule has 0 saturated carbocycles. The Hall–Kier alpha value is -1.56. The number of benzene rings is 1. The smallest absolute Gasteiger partial charge is 0.139 e. The van der Waals surface area contributed by atoms with Crippen molar-refractivity contribution in [1.82, 2.24) is 9.78 Å². The third-order valence-electron chi connectivity index (χ3n) is 2.32. The number of aryl methyl sites for hydroxylation is 1. The second kappa shape index (κ2) is 4.75. The minimum atomic E-state index is -0.345. The Morgan fingerprint density at radius 3 is 2.94 bits per heavy atom. The molecule has 0 fully saturated rings. The lowest BCUT2D eigenvalue weighted by atomic mass is 10.2. The van der Waals surface area contributed by atoms with E-state index in [1.54, 1.807) is 4.68 Å². The van der Waals surface area contributed by atoms with Gasteiger partial charge in [0.2, 0.25) is 0 Å². The lowest BCUT2D eigenvalue weighted by Crippen LogP contribution is -2.04. The Morgan fingerprint density at radius 1 is 1.53 bits per heavy atom. The van der Waals surface area contributed by atoms with Crippen molar-refractivity contribution in [3.05, 3.63) is 40.4 Å². The zero-order valence-corrected chi connectivity index (χ0v) is 10.8. The molecule has 1 aromatic heterocycles. The summed E-state index contributed by atoms with van der Waals surface area (Å²) in [5.41, 5.74) is 7.71. The molecule has 0 unspecified atom stereocenters. The molecule has 0 amide bonds. The van der Waals surface area contributed by atoms with Gasteiger partial charge in [-0.05, 0) is 28.1 Å². The summed E-state index contributed by atoms with van der Waals surface area (Å²) in [5, 5.41) is 7.25. The normalized spacial score (nSPS) is 10.5. The van der Waals surface area contributed by atoms with E-state index in [1.165, 1.54) is 12.1 Å². The molecule has 0 saturated heterocycles. The van der Waals surface area contributed by atoms with Gasteiger partial charge in [-0.3, -0.25) is 4.68 Å². The molecule has 0 bridgehead atoms. The van der Waals surface area contributed by atoms with Gasteiger partial charge in [0.15, 0.2) is 0 Å². The summed E-state index contributed by atoms with van der Waals surface area (Å²) in [6.45, 7) is 0.506. The SMILES string of the molecule is Cn1ccc(CNc2cc(F)c(Br)cc2N)n1. The third-order valence-corrected chi connectivity index (χ3v) is 2.93. The second-order valence-corrected chi connectivity index (χ2v) is 4.54. The first-order valence-corrected chi connectivity index (χ1v) is 5.82. The average molecular weight is 299 g/mol. The maximum Gasteiger partial charge on any atom is 0.139 e. The van der Waals surface area contributed by atoms with Crippen LogP contribution in [0.3, 0.4) is 0 Å². The molecule has 6 heteroatoms. The zero-order chi connectivity index (χ0) is 12.4. The Kier molecular flexibility index (Phi) is 3.33. The molecule has 0 aliphatic carbocycles. The lowest BCUT2D eigenvalue weighted by Gasteiger charge is -2.09. The molecule has 1 aromatic carbocycles. The largest absolute Gasteiger partial charge is 0.397 e. The van der Waals surface area contributed by atoms with Crippen LogP contribution in [0.5, 0.6) is 0 Å².